The Balaban J connectivity index is 0.000000122. The fourth-order valence-electron chi connectivity index (χ4n) is 13.7. The van der Waals surface area contributed by atoms with E-state index < -0.39 is 0 Å². The lowest BCUT2D eigenvalue weighted by molar-refractivity contribution is -0.117. The fourth-order valence-corrected chi connectivity index (χ4v) is 14.8. The first-order valence-electron chi connectivity index (χ1n) is 33.2. The third-order valence-corrected chi connectivity index (χ3v) is 20.2. The second-order valence-electron chi connectivity index (χ2n) is 25.5. The Kier molecular flexibility index (Phi) is 20.8. The van der Waals surface area contributed by atoms with Gasteiger partial charge in [-0.15, -0.1) is 0 Å². The summed E-state index contributed by atoms with van der Waals surface area (Å²) in [6, 6.07) is 45.0. The van der Waals surface area contributed by atoms with Crippen LogP contribution in [0, 0.1) is 0 Å². The molecule has 22 nitrogen and oxygen atoms in total. The SMILES string of the molecule is CC(=O)Nc1cccc2c1CCN(C(=O)c1cc3ccc(Cl)cn3n1)C2.CC(=O)Nc1cccc2c1CCN(C(=O)c1cc3ccc(Cl)cn3n1)C2C.CC1c2cccc(Cl)c2CCN1C(=O)c1cc2ccc(Cl)cn2n1.NC(=O)Cc1cccc2c1CCN(C(=O)c1cc3ccc(Br)cn3n1)C2. The molecule has 0 saturated carbocycles. The highest BCUT2D eigenvalue weighted by molar-refractivity contribution is 9.10. The third-order valence-electron chi connectivity index (χ3n) is 18.7. The van der Waals surface area contributed by atoms with Crippen molar-refractivity contribution in [2.45, 2.75) is 85.0 Å². The Morgan fingerprint density at radius 2 is 0.845 bits per heavy atom. The molecule has 2 atom stereocenters. The first kappa shape index (κ1) is 71.0. The zero-order valence-corrected chi connectivity index (χ0v) is 60.9. The van der Waals surface area contributed by atoms with E-state index in [-0.39, 0.29) is 59.9 Å². The molecule has 0 radical (unpaired) electrons. The molecule has 524 valence electrons. The molecule has 4 aliphatic rings. The molecule has 4 aromatic carbocycles. The van der Waals surface area contributed by atoms with Gasteiger partial charge >= 0.3 is 0 Å². The van der Waals surface area contributed by atoms with Crippen molar-refractivity contribution in [2.24, 2.45) is 5.73 Å². The van der Waals surface area contributed by atoms with E-state index >= 15 is 0 Å². The second-order valence-corrected chi connectivity index (χ2v) is 28.1. The van der Waals surface area contributed by atoms with Crippen LogP contribution in [0.25, 0.3) is 22.1 Å². The summed E-state index contributed by atoms with van der Waals surface area (Å²) in [6.07, 6.45) is 9.96. The third kappa shape index (κ3) is 15.5. The molecule has 2 unspecified atom stereocenters. The van der Waals surface area contributed by atoms with Gasteiger partial charge in [0.25, 0.3) is 23.6 Å². The van der Waals surface area contributed by atoms with Crippen LogP contribution in [0.1, 0.15) is 132 Å². The van der Waals surface area contributed by atoms with Crippen molar-refractivity contribution in [1.82, 2.24) is 58.1 Å². The minimum atomic E-state index is -0.340. The van der Waals surface area contributed by atoms with Crippen LogP contribution in [-0.4, -0.2) is 126 Å². The number of nitrogens with zero attached hydrogens (tertiary/aromatic N) is 12. The Morgan fingerprint density at radius 1 is 0.456 bits per heavy atom. The molecule has 7 amide bonds. The van der Waals surface area contributed by atoms with Crippen molar-refractivity contribution in [3.05, 3.63) is 268 Å². The van der Waals surface area contributed by atoms with Crippen LogP contribution < -0.4 is 16.4 Å². The molecule has 0 spiro atoms. The van der Waals surface area contributed by atoms with Gasteiger partial charge in [-0.25, -0.2) is 18.1 Å². The molecule has 16 rings (SSSR count). The number of amides is 7. The first-order valence-corrected chi connectivity index (χ1v) is 35.5. The van der Waals surface area contributed by atoms with Gasteiger partial charge < -0.3 is 36.0 Å². The fraction of sp³-hybridized carbons (Fsp3) is 0.224. The molecule has 103 heavy (non-hydrogen) atoms. The standard InChI is InChI=1S/C20H19ClN4O2.C19H17BrN4O2.C19H17ClN4O2.C18H15Cl2N3O/c1-12-16-4-3-5-18(22-13(2)26)17(16)8-9-24(12)20(27)19-10-15-7-6-14(21)11-25(15)23-19;20-14-4-5-15-9-17(22-24(15)11-14)19(26)23-7-6-16-12(8-18(21)25)2-1-3-13(16)10-23;1-12(25)21-17-4-2-3-13-10-23(8-7-16(13)17)19(26)18-9-15-6-5-14(20)11-24(15)22-18;1-11-14-3-2-4-16(20)15(14)7-8-22(11)18(24)17-9-13-6-5-12(19)10-23(13)21-17/h3-7,10-12H,8-9H2,1-2H3,(H,22,26);1-5,9,11H,6-8,10H2,(H2,21,25);2-6,9,11H,7-8,10H2,1H3,(H,21,25);2-6,9-11H,7-8H2,1H3. The number of fused-ring (bicyclic) bond motifs is 8. The largest absolute Gasteiger partial charge is 0.369 e. The number of carbonyl (C=O) groups is 7. The number of aromatic nitrogens is 8. The molecule has 0 saturated heterocycles. The van der Waals surface area contributed by atoms with Gasteiger partial charge in [-0.3, -0.25) is 33.6 Å². The Bertz CT molecular complexity index is 5220. The molecule has 8 aromatic heterocycles. The van der Waals surface area contributed by atoms with E-state index in [4.69, 9.17) is 52.1 Å². The highest BCUT2D eigenvalue weighted by Gasteiger charge is 2.34. The number of halogens is 5. The Morgan fingerprint density at radius 3 is 1.33 bits per heavy atom. The number of hydrogen-bond donors (Lipinski definition) is 3. The number of primary amides is 1. The van der Waals surface area contributed by atoms with Crippen LogP contribution in [0.15, 0.2) is 175 Å². The Labute approximate surface area is 619 Å². The normalized spacial score (nSPS) is 15.1. The molecule has 4 N–H and O–H groups in total. The number of anilines is 2. The van der Waals surface area contributed by atoms with Crippen LogP contribution >= 0.6 is 62.3 Å². The van der Waals surface area contributed by atoms with Gasteiger partial charge in [0.05, 0.1) is 55.6 Å². The van der Waals surface area contributed by atoms with E-state index in [9.17, 15) is 33.6 Å². The highest BCUT2D eigenvalue weighted by atomic mass is 79.9. The summed E-state index contributed by atoms with van der Waals surface area (Å²) >= 11 is 27.7. The maximum Gasteiger partial charge on any atom is 0.274 e. The van der Waals surface area contributed by atoms with Gasteiger partial charge in [0.2, 0.25) is 17.7 Å². The summed E-state index contributed by atoms with van der Waals surface area (Å²) in [6.45, 7) is 10.4. The summed E-state index contributed by atoms with van der Waals surface area (Å²) in [7, 11) is 0. The average Bonchev–Trinajstić information content (AvgIpc) is 1.76. The van der Waals surface area contributed by atoms with Crippen molar-refractivity contribution in [2.75, 3.05) is 36.8 Å². The van der Waals surface area contributed by atoms with Crippen molar-refractivity contribution < 1.29 is 33.6 Å². The van der Waals surface area contributed by atoms with Crippen molar-refractivity contribution in [3.63, 3.8) is 0 Å². The van der Waals surface area contributed by atoms with Crippen LogP contribution in [0.3, 0.4) is 0 Å². The lowest BCUT2D eigenvalue weighted by Gasteiger charge is -2.35. The van der Waals surface area contributed by atoms with E-state index in [0.29, 0.717) is 96.4 Å². The lowest BCUT2D eigenvalue weighted by Crippen LogP contribution is -2.39. The number of carbonyl (C=O) groups excluding carboxylic acids is 7. The summed E-state index contributed by atoms with van der Waals surface area (Å²) in [5.41, 5.74) is 21.7. The van der Waals surface area contributed by atoms with E-state index in [1.165, 1.54) is 13.8 Å². The minimum absolute atomic E-state index is 0.0339. The molecule has 4 aliphatic heterocycles. The predicted octanol–water partition coefficient (Wildman–Crippen LogP) is 13.6. The van der Waals surface area contributed by atoms with Crippen LogP contribution in [-0.2, 0) is 59.6 Å². The van der Waals surface area contributed by atoms with Gasteiger partial charge in [-0.1, -0.05) is 101 Å². The molecule has 0 aliphatic carbocycles. The monoisotopic (exact) mass is 1520 g/mol. The minimum Gasteiger partial charge on any atom is -0.369 e. The van der Waals surface area contributed by atoms with Gasteiger partial charge in [-0.2, -0.15) is 20.4 Å². The van der Waals surface area contributed by atoms with Crippen molar-refractivity contribution >= 4 is 137 Å². The highest BCUT2D eigenvalue weighted by Crippen LogP contribution is 2.37. The lowest BCUT2D eigenvalue weighted by atomic mass is 9.91. The molecule has 12 aromatic rings. The van der Waals surface area contributed by atoms with E-state index in [2.05, 4.69) is 47.0 Å². The summed E-state index contributed by atoms with van der Waals surface area (Å²) in [4.78, 5) is 93.1. The zero-order valence-electron chi connectivity index (χ0n) is 56.3. The topological polar surface area (TPSA) is 252 Å². The Hall–Kier alpha value is -10.4. The summed E-state index contributed by atoms with van der Waals surface area (Å²) in [5, 5.41) is 25.7. The maximum atomic E-state index is 13.1. The number of nitrogens with one attached hydrogen (secondary N) is 2. The van der Waals surface area contributed by atoms with E-state index in [1.807, 2.05) is 133 Å². The molecular weight excluding hydrogens is 1460 g/mol. The van der Waals surface area contributed by atoms with Gasteiger partial charge in [0.1, 0.15) is 0 Å². The van der Waals surface area contributed by atoms with Gasteiger partial charge in [0, 0.05) is 98.8 Å². The van der Waals surface area contributed by atoms with E-state index in [0.717, 1.165) is 99.4 Å². The number of benzene rings is 4. The predicted molar refractivity (Wildman–Crippen MR) is 399 cm³/mol. The van der Waals surface area contributed by atoms with Crippen molar-refractivity contribution in [3.8, 4) is 0 Å². The number of pyridine rings is 4. The molecular formula is C76H68BrCl4N15O7. The molecule has 12 heterocycles. The number of rotatable bonds is 8. The summed E-state index contributed by atoms with van der Waals surface area (Å²) in [5.74, 6) is -0.923. The molecule has 27 heteroatoms. The maximum absolute atomic E-state index is 13.1. The molecule has 0 fully saturated rings. The number of hydrogen-bond acceptors (Lipinski definition) is 11. The van der Waals surface area contributed by atoms with Crippen LogP contribution in [0.2, 0.25) is 20.1 Å². The van der Waals surface area contributed by atoms with Gasteiger partial charge in [-0.05, 0) is 197 Å². The smallest absolute Gasteiger partial charge is 0.274 e. The molecule has 0 bridgehead atoms. The second kappa shape index (κ2) is 30.3. The van der Waals surface area contributed by atoms with Gasteiger partial charge in [0.15, 0.2) is 22.8 Å². The van der Waals surface area contributed by atoms with Crippen LogP contribution in [0.5, 0.6) is 0 Å². The zero-order chi connectivity index (χ0) is 72.5. The number of nitrogens with two attached hydrogens (primary N) is 1. The van der Waals surface area contributed by atoms with Crippen LogP contribution in [0.4, 0.5) is 11.4 Å². The van der Waals surface area contributed by atoms with E-state index in [1.54, 1.807) is 88.9 Å². The first-order chi connectivity index (χ1) is 49.5. The summed E-state index contributed by atoms with van der Waals surface area (Å²) < 4.78 is 7.46. The van der Waals surface area contributed by atoms with Crippen molar-refractivity contribution in [1.29, 1.82) is 0 Å². The quantitative estimate of drug-likeness (QED) is 0.129. The average molecular weight is 1530 g/mol.